The zero-order valence-corrected chi connectivity index (χ0v) is 17.2. The van der Waals surface area contributed by atoms with Crippen molar-refractivity contribution in [3.63, 3.8) is 0 Å². The van der Waals surface area contributed by atoms with Crippen molar-refractivity contribution < 1.29 is 13.2 Å². The minimum Gasteiger partial charge on any atom is -0.311 e. The average molecular weight is 501 g/mol. The SMILES string of the molecule is CCN(c1cccc(I)c1)c1ncc(C(F)(F)F)c(Sc2ccccc2)n1. The van der Waals surface area contributed by atoms with Crippen LogP contribution in [0.2, 0.25) is 0 Å². The molecule has 0 atom stereocenters. The molecule has 0 amide bonds. The molecule has 140 valence electrons. The number of nitrogens with zero attached hydrogens (tertiary/aromatic N) is 3. The molecule has 3 rings (SSSR count). The van der Waals surface area contributed by atoms with Gasteiger partial charge in [0, 0.05) is 26.9 Å². The Morgan fingerprint density at radius 3 is 2.44 bits per heavy atom. The molecule has 0 spiro atoms. The minimum absolute atomic E-state index is 0.109. The fraction of sp³-hybridized carbons (Fsp3) is 0.158. The monoisotopic (exact) mass is 501 g/mol. The van der Waals surface area contributed by atoms with E-state index in [1.165, 1.54) is 0 Å². The van der Waals surface area contributed by atoms with Gasteiger partial charge < -0.3 is 4.90 Å². The Bertz CT molecular complexity index is 920. The van der Waals surface area contributed by atoms with Gasteiger partial charge in [0.15, 0.2) is 0 Å². The fourth-order valence-electron chi connectivity index (χ4n) is 2.44. The second-order valence-corrected chi connectivity index (χ2v) is 7.83. The van der Waals surface area contributed by atoms with E-state index >= 15 is 0 Å². The molecule has 2 aromatic carbocycles. The quantitative estimate of drug-likeness (QED) is 0.299. The summed E-state index contributed by atoms with van der Waals surface area (Å²) in [6, 6.07) is 16.5. The van der Waals surface area contributed by atoms with Crippen LogP contribution in [0.1, 0.15) is 12.5 Å². The fourth-order valence-corrected chi connectivity index (χ4v) is 3.89. The molecule has 1 heterocycles. The van der Waals surface area contributed by atoms with Crippen molar-refractivity contribution >= 4 is 46.0 Å². The summed E-state index contributed by atoms with van der Waals surface area (Å²) in [5.74, 6) is 0.242. The molecule has 0 aliphatic rings. The summed E-state index contributed by atoms with van der Waals surface area (Å²) < 4.78 is 41.3. The van der Waals surface area contributed by atoms with Gasteiger partial charge in [0.1, 0.15) is 10.6 Å². The molecule has 0 radical (unpaired) electrons. The molecule has 0 fully saturated rings. The van der Waals surface area contributed by atoms with Crippen molar-refractivity contribution in [1.82, 2.24) is 9.97 Å². The standard InChI is InChI=1S/C19H15F3IN3S/c1-2-26(14-8-6-7-13(23)11-14)18-24-12-16(19(20,21)22)17(25-18)27-15-9-4-3-5-10-15/h3-12H,2H2,1H3. The molecular weight excluding hydrogens is 486 g/mol. The van der Waals surface area contributed by atoms with Crippen LogP contribution in [0.5, 0.6) is 0 Å². The molecule has 1 aromatic heterocycles. The highest BCUT2D eigenvalue weighted by Crippen LogP contribution is 2.39. The van der Waals surface area contributed by atoms with Crippen LogP contribution >= 0.6 is 34.4 Å². The molecule has 0 saturated carbocycles. The summed E-state index contributed by atoms with van der Waals surface area (Å²) in [4.78, 5) is 10.7. The minimum atomic E-state index is -4.52. The maximum atomic E-state index is 13.4. The normalized spacial score (nSPS) is 11.4. The van der Waals surface area contributed by atoms with Gasteiger partial charge in [-0.05, 0) is 59.8 Å². The van der Waals surface area contributed by atoms with Crippen LogP contribution in [0.4, 0.5) is 24.8 Å². The molecular formula is C19H15F3IN3S. The molecule has 3 aromatic rings. The third kappa shape index (κ3) is 4.92. The Morgan fingerprint density at radius 1 is 1.07 bits per heavy atom. The Labute approximate surface area is 173 Å². The molecule has 0 aliphatic heterocycles. The highest BCUT2D eigenvalue weighted by molar-refractivity contribution is 14.1. The second-order valence-electron chi connectivity index (χ2n) is 5.53. The lowest BCUT2D eigenvalue weighted by atomic mass is 10.3. The van der Waals surface area contributed by atoms with Crippen LogP contribution in [-0.4, -0.2) is 16.5 Å². The number of halogens is 4. The van der Waals surface area contributed by atoms with E-state index in [1.54, 1.807) is 29.2 Å². The van der Waals surface area contributed by atoms with E-state index in [1.807, 2.05) is 37.3 Å². The van der Waals surface area contributed by atoms with E-state index < -0.39 is 11.7 Å². The van der Waals surface area contributed by atoms with Gasteiger partial charge in [0.05, 0.1) is 0 Å². The van der Waals surface area contributed by atoms with Gasteiger partial charge in [-0.25, -0.2) is 9.97 Å². The van der Waals surface area contributed by atoms with Gasteiger partial charge in [-0.2, -0.15) is 13.2 Å². The Hall–Kier alpha value is -1.81. The van der Waals surface area contributed by atoms with Gasteiger partial charge in [-0.3, -0.25) is 0 Å². The van der Waals surface area contributed by atoms with E-state index in [2.05, 4.69) is 32.6 Å². The lowest BCUT2D eigenvalue weighted by Crippen LogP contribution is -2.20. The largest absolute Gasteiger partial charge is 0.420 e. The van der Waals surface area contributed by atoms with Gasteiger partial charge in [-0.1, -0.05) is 36.0 Å². The first-order valence-electron chi connectivity index (χ1n) is 8.08. The van der Waals surface area contributed by atoms with Crippen molar-refractivity contribution in [3.8, 4) is 0 Å². The van der Waals surface area contributed by atoms with Crippen molar-refractivity contribution in [2.75, 3.05) is 11.4 Å². The maximum absolute atomic E-state index is 13.4. The number of rotatable bonds is 5. The maximum Gasteiger partial charge on any atom is 0.420 e. The Kier molecular flexibility index (Phi) is 6.25. The first kappa shape index (κ1) is 19.9. The van der Waals surface area contributed by atoms with Crippen LogP contribution in [0.15, 0.2) is 70.7 Å². The van der Waals surface area contributed by atoms with Gasteiger partial charge in [-0.15, -0.1) is 0 Å². The van der Waals surface area contributed by atoms with E-state index in [0.29, 0.717) is 11.4 Å². The second kappa shape index (κ2) is 8.47. The predicted molar refractivity (Wildman–Crippen MR) is 109 cm³/mol. The topological polar surface area (TPSA) is 29.0 Å². The number of benzene rings is 2. The van der Waals surface area contributed by atoms with Gasteiger partial charge in [0.25, 0.3) is 0 Å². The summed E-state index contributed by atoms with van der Waals surface area (Å²) in [6.45, 7) is 2.44. The number of aromatic nitrogens is 2. The molecule has 0 bridgehead atoms. The van der Waals surface area contributed by atoms with E-state index in [0.717, 1.165) is 27.2 Å². The molecule has 0 saturated heterocycles. The van der Waals surface area contributed by atoms with Gasteiger partial charge in [0.2, 0.25) is 5.95 Å². The van der Waals surface area contributed by atoms with Crippen LogP contribution in [0.25, 0.3) is 0 Å². The van der Waals surface area contributed by atoms with Crippen LogP contribution in [0, 0.1) is 3.57 Å². The summed E-state index contributed by atoms with van der Waals surface area (Å²) in [5.41, 5.74) is -0.00128. The van der Waals surface area contributed by atoms with Crippen molar-refractivity contribution in [3.05, 3.63) is 69.9 Å². The third-order valence-electron chi connectivity index (χ3n) is 3.68. The van der Waals surface area contributed by atoms with Crippen molar-refractivity contribution in [1.29, 1.82) is 0 Å². The first-order chi connectivity index (χ1) is 12.9. The number of hydrogen-bond donors (Lipinski definition) is 0. The van der Waals surface area contributed by atoms with Crippen LogP contribution in [0.3, 0.4) is 0 Å². The zero-order chi connectivity index (χ0) is 19.4. The number of anilines is 2. The highest BCUT2D eigenvalue weighted by atomic mass is 127. The van der Waals surface area contributed by atoms with Gasteiger partial charge >= 0.3 is 6.18 Å². The summed E-state index contributed by atoms with van der Waals surface area (Å²) >= 11 is 3.17. The lowest BCUT2D eigenvalue weighted by molar-refractivity contribution is -0.140. The zero-order valence-electron chi connectivity index (χ0n) is 14.2. The number of alkyl halides is 3. The van der Waals surface area contributed by atoms with E-state index in [-0.39, 0.29) is 11.0 Å². The van der Waals surface area contributed by atoms with E-state index in [4.69, 9.17) is 0 Å². The third-order valence-corrected chi connectivity index (χ3v) is 5.37. The lowest BCUT2D eigenvalue weighted by Gasteiger charge is -2.22. The Balaban J connectivity index is 2.05. The van der Waals surface area contributed by atoms with Crippen LogP contribution in [-0.2, 0) is 6.18 Å². The molecule has 3 nitrogen and oxygen atoms in total. The van der Waals surface area contributed by atoms with Crippen molar-refractivity contribution in [2.45, 2.75) is 23.0 Å². The molecule has 8 heteroatoms. The summed E-state index contributed by atoms with van der Waals surface area (Å²) in [5, 5.41) is -0.109. The summed E-state index contributed by atoms with van der Waals surface area (Å²) in [7, 11) is 0. The van der Waals surface area contributed by atoms with Crippen molar-refractivity contribution in [2.24, 2.45) is 0 Å². The summed E-state index contributed by atoms with van der Waals surface area (Å²) in [6.07, 6.45) is -3.65. The molecule has 0 N–H and O–H groups in total. The molecule has 0 unspecified atom stereocenters. The smallest absolute Gasteiger partial charge is 0.311 e. The number of hydrogen-bond acceptors (Lipinski definition) is 4. The molecule has 27 heavy (non-hydrogen) atoms. The highest BCUT2D eigenvalue weighted by Gasteiger charge is 2.35. The van der Waals surface area contributed by atoms with Crippen LogP contribution < -0.4 is 4.90 Å². The molecule has 0 aliphatic carbocycles. The first-order valence-corrected chi connectivity index (χ1v) is 9.98. The predicted octanol–water partition coefficient (Wildman–Crippen LogP) is 6.41. The average Bonchev–Trinajstić information content (AvgIpc) is 2.62. The van der Waals surface area contributed by atoms with E-state index in [9.17, 15) is 13.2 Å². The Morgan fingerprint density at radius 2 is 1.81 bits per heavy atom.